The molecule has 7 nitrogen and oxygen atoms in total. The van der Waals surface area contributed by atoms with E-state index in [9.17, 15) is 4.79 Å². The predicted molar refractivity (Wildman–Crippen MR) is 64.7 cm³/mol. The minimum absolute atomic E-state index is 0.186. The highest BCUT2D eigenvalue weighted by atomic mass is 16.5. The zero-order chi connectivity index (χ0) is 13.1. The maximum absolute atomic E-state index is 11.0. The number of amides is 1. The van der Waals surface area contributed by atoms with Crippen LogP contribution in [0.1, 0.15) is 12.7 Å². The molecule has 0 unspecified atom stereocenters. The highest BCUT2D eigenvalue weighted by Gasteiger charge is 2.10. The van der Waals surface area contributed by atoms with Crippen LogP contribution < -0.4 is 10.1 Å². The van der Waals surface area contributed by atoms with Gasteiger partial charge >= 0.3 is 0 Å². The quantitative estimate of drug-likeness (QED) is 0.872. The first-order valence-corrected chi connectivity index (χ1v) is 5.31. The van der Waals surface area contributed by atoms with Crippen molar-refractivity contribution in [3.05, 3.63) is 24.3 Å². The first kappa shape index (κ1) is 12.0. The molecule has 18 heavy (non-hydrogen) atoms. The summed E-state index contributed by atoms with van der Waals surface area (Å²) >= 11 is 0. The SMILES string of the molecule is COc1nc(NC(C)=O)ccc1-n1cnc(C)n1. The number of pyridine rings is 1. The number of nitrogens with one attached hydrogen (secondary N) is 1. The summed E-state index contributed by atoms with van der Waals surface area (Å²) in [5, 5.41) is 6.77. The van der Waals surface area contributed by atoms with Crippen molar-refractivity contribution in [3.63, 3.8) is 0 Å². The van der Waals surface area contributed by atoms with Crippen LogP contribution in [0.2, 0.25) is 0 Å². The highest BCUT2D eigenvalue weighted by molar-refractivity contribution is 5.87. The van der Waals surface area contributed by atoms with E-state index in [-0.39, 0.29) is 5.91 Å². The van der Waals surface area contributed by atoms with Gasteiger partial charge in [-0.3, -0.25) is 4.79 Å². The van der Waals surface area contributed by atoms with E-state index in [1.165, 1.54) is 14.0 Å². The van der Waals surface area contributed by atoms with E-state index in [2.05, 4.69) is 20.4 Å². The maximum Gasteiger partial charge on any atom is 0.241 e. The van der Waals surface area contributed by atoms with Gasteiger partial charge in [-0.2, -0.15) is 10.1 Å². The van der Waals surface area contributed by atoms with Crippen molar-refractivity contribution in [2.75, 3.05) is 12.4 Å². The minimum atomic E-state index is -0.186. The number of aryl methyl sites for hydroxylation is 1. The highest BCUT2D eigenvalue weighted by Crippen LogP contribution is 2.21. The third kappa shape index (κ3) is 2.45. The summed E-state index contributed by atoms with van der Waals surface area (Å²) < 4.78 is 6.75. The molecule has 0 saturated heterocycles. The molecule has 0 atom stereocenters. The summed E-state index contributed by atoms with van der Waals surface area (Å²) in [7, 11) is 1.51. The fourth-order valence-corrected chi connectivity index (χ4v) is 1.47. The van der Waals surface area contributed by atoms with Gasteiger partial charge in [0.15, 0.2) is 0 Å². The number of methoxy groups -OCH3 is 1. The van der Waals surface area contributed by atoms with Crippen LogP contribution >= 0.6 is 0 Å². The van der Waals surface area contributed by atoms with Crippen LogP contribution in [0, 0.1) is 6.92 Å². The van der Waals surface area contributed by atoms with Gasteiger partial charge in [0.25, 0.3) is 0 Å². The zero-order valence-corrected chi connectivity index (χ0v) is 10.3. The molecule has 0 aliphatic heterocycles. The zero-order valence-electron chi connectivity index (χ0n) is 10.3. The van der Waals surface area contributed by atoms with Crippen LogP contribution in [0.3, 0.4) is 0 Å². The summed E-state index contributed by atoms with van der Waals surface area (Å²) in [6, 6.07) is 3.43. The molecule has 0 bridgehead atoms. The molecule has 0 radical (unpaired) electrons. The Morgan fingerprint density at radius 3 is 2.78 bits per heavy atom. The maximum atomic E-state index is 11.0. The van der Waals surface area contributed by atoms with Crippen molar-refractivity contribution < 1.29 is 9.53 Å². The molecule has 2 rings (SSSR count). The summed E-state index contributed by atoms with van der Waals surface area (Å²) in [5.41, 5.74) is 0.659. The Bertz CT molecular complexity index is 579. The van der Waals surface area contributed by atoms with Crippen LogP contribution in [0.4, 0.5) is 5.82 Å². The fraction of sp³-hybridized carbons (Fsp3) is 0.273. The molecule has 2 heterocycles. The van der Waals surface area contributed by atoms with E-state index in [0.29, 0.717) is 23.2 Å². The van der Waals surface area contributed by atoms with E-state index >= 15 is 0 Å². The molecule has 1 N–H and O–H groups in total. The van der Waals surface area contributed by atoms with Crippen LogP contribution in [0.15, 0.2) is 18.5 Å². The second-order valence-corrected chi connectivity index (χ2v) is 3.64. The number of nitrogens with zero attached hydrogens (tertiary/aromatic N) is 4. The Hall–Kier alpha value is -2.44. The van der Waals surface area contributed by atoms with Gasteiger partial charge in [0.1, 0.15) is 23.7 Å². The lowest BCUT2D eigenvalue weighted by atomic mass is 10.4. The molecule has 2 aromatic heterocycles. The third-order valence-electron chi connectivity index (χ3n) is 2.19. The molecule has 0 saturated carbocycles. The van der Waals surface area contributed by atoms with Crippen molar-refractivity contribution in [2.45, 2.75) is 13.8 Å². The van der Waals surface area contributed by atoms with Gasteiger partial charge in [0.05, 0.1) is 7.11 Å². The molecular formula is C11H13N5O2. The van der Waals surface area contributed by atoms with Gasteiger partial charge in [0, 0.05) is 6.92 Å². The Balaban J connectivity index is 2.40. The van der Waals surface area contributed by atoms with Crippen molar-refractivity contribution in [1.82, 2.24) is 19.7 Å². The van der Waals surface area contributed by atoms with Gasteiger partial charge in [-0.15, -0.1) is 0 Å². The number of hydrogen-bond acceptors (Lipinski definition) is 5. The normalized spacial score (nSPS) is 10.2. The van der Waals surface area contributed by atoms with E-state index in [4.69, 9.17) is 4.74 Å². The largest absolute Gasteiger partial charge is 0.479 e. The van der Waals surface area contributed by atoms with Crippen LogP contribution in [0.5, 0.6) is 5.88 Å². The standard InChI is InChI=1S/C11H13N5O2/c1-7-12-6-16(15-7)9-4-5-10(13-8(2)17)14-11(9)18-3/h4-6H,1-3H3,(H,13,14,17). The van der Waals surface area contributed by atoms with Crippen molar-refractivity contribution in [3.8, 4) is 11.6 Å². The fourth-order valence-electron chi connectivity index (χ4n) is 1.47. The molecular weight excluding hydrogens is 234 g/mol. The Morgan fingerprint density at radius 2 is 2.22 bits per heavy atom. The number of anilines is 1. The summed E-state index contributed by atoms with van der Waals surface area (Å²) in [5.74, 6) is 1.27. The molecule has 0 aliphatic carbocycles. The molecule has 94 valence electrons. The molecule has 0 fully saturated rings. The molecule has 0 aromatic carbocycles. The number of ether oxygens (including phenoxy) is 1. The average molecular weight is 247 g/mol. The number of aromatic nitrogens is 4. The van der Waals surface area contributed by atoms with Crippen LogP contribution in [0.25, 0.3) is 5.69 Å². The third-order valence-corrected chi connectivity index (χ3v) is 2.19. The Morgan fingerprint density at radius 1 is 1.44 bits per heavy atom. The second kappa shape index (κ2) is 4.82. The summed E-state index contributed by atoms with van der Waals surface area (Å²) in [6.07, 6.45) is 1.58. The molecule has 1 amide bonds. The van der Waals surface area contributed by atoms with Crippen molar-refractivity contribution in [1.29, 1.82) is 0 Å². The summed E-state index contributed by atoms with van der Waals surface area (Å²) in [6.45, 7) is 3.21. The Labute approximate surface area is 104 Å². The van der Waals surface area contributed by atoms with Gasteiger partial charge in [0.2, 0.25) is 11.8 Å². The van der Waals surface area contributed by atoms with Crippen molar-refractivity contribution in [2.24, 2.45) is 0 Å². The van der Waals surface area contributed by atoms with Gasteiger partial charge in [-0.1, -0.05) is 0 Å². The lowest BCUT2D eigenvalue weighted by Crippen LogP contribution is -2.09. The molecule has 0 aliphatic rings. The first-order valence-electron chi connectivity index (χ1n) is 5.31. The molecule has 7 heteroatoms. The Kier molecular flexibility index (Phi) is 3.22. The number of carbonyl (C=O) groups excluding carboxylic acids is 1. The molecule has 0 spiro atoms. The number of carbonyl (C=O) groups is 1. The average Bonchev–Trinajstić information content (AvgIpc) is 2.74. The van der Waals surface area contributed by atoms with Crippen molar-refractivity contribution >= 4 is 11.7 Å². The van der Waals surface area contributed by atoms with Crippen LogP contribution in [-0.4, -0.2) is 32.8 Å². The van der Waals surface area contributed by atoms with E-state index < -0.39 is 0 Å². The second-order valence-electron chi connectivity index (χ2n) is 3.64. The van der Waals surface area contributed by atoms with E-state index in [1.807, 2.05) is 0 Å². The van der Waals surface area contributed by atoms with Crippen LogP contribution in [-0.2, 0) is 4.79 Å². The van der Waals surface area contributed by atoms with Gasteiger partial charge < -0.3 is 10.1 Å². The van der Waals surface area contributed by atoms with E-state index in [0.717, 1.165) is 0 Å². The first-order chi connectivity index (χ1) is 8.60. The van der Waals surface area contributed by atoms with Gasteiger partial charge in [-0.25, -0.2) is 9.67 Å². The monoisotopic (exact) mass is 247 g/mol. The predicted octanol–water partition coefficient (Wildman–Crippen LogP) is 0.938. The number of hydrogen-bond donors (Lipinski definition) is 1. The number of rotatable bonds is 3. The van der Waals surface area contributed by atoms with Gasteiger partial charge in [-0.05, 0) is 19.1 Å². The summed E-state index contributed by atoms with van der Waals surface area (Å²) in [4.78, 5) is 19.2. The van der Waals surface area contributed by atoms with E-state index in [1.54, 1.807) is 30.1 Å². The minimum Gasteiger partial charge on any atom is -0.479 e. The lowest BCUT2D eigenvalue weighted by molar-refractivity contribution is -0.114. The topological polar surface area (TPSA) is 81.9 Å². The lowest BCUT2D eigenvalue weighted by Gasteiger charge is -2.09. The smallest absolute Gasteiger partial charge is 0.241 e. The molecule has 2 aromatic rings.